The minimum Gasteiger partial charge on any atom is -0.497 e. The number of aromatic amines is 1. The maximum absolute atomic E-state index is 13.1. The van der Waals surface area contributed by atoms with Crippen LogP contribution in [-0.4, -0.2) is 42.2 Å². The van der Waals surface area contributed by atoms with Crippen molar-refractivity contribution in [1.82, 2.24) is 15.3 Å². The summed E-state index contributed by atoms with van der Waals surface area (Å²) in [6.07, 6.45) is 1.85. The molecule has 180 valence electrons. The quantitative estimate of drug-likeness (QED) is 0.355. The number of halogens is 1. The summed E-state index contributed by atoms with van der Waals surface area (Å²) in [7, 11) is 1.63. The van der Waals surface area contributed by atoms with Crippen LogP contribution in [0.2, 0.25) is 5.15 Å². The van der Waals surface area contributed by atoms with E-state index in [9.17, 15) is 4.79 Å². The minimum atomic E-state index is -0.305. The van der Waals surface area contributed by atoms with E-state index >= 15 is 0 Å². The number of carbonyl (C=O) groups excluding carboxylic acids is 1. The van der Waals surface area contributed by atoms with Crippen molar-refractivity contribution in [2.24, 2.45) is 0 Å². The fourth-order valence-electron chi connectivity index (χ4n) is 4.37. The Labute approximate surface area is 208 Å². The molecular formula is C27H26ClN3O4. The first-order valence-electron chi connectivity index (χ1n) is 11.4. The molecule has 1 amide bonds. The molecule has 0 spiro atoms. The Bertz CT molecular complexity index is 1370. The number of H-pyrrole nitrogens is 1. The Morgan fingerprint density at radius 1 is 1.20 bits per heavy atom. The van der Waals surface area contributed by atoms with E-state index in [1.165, 1.54) is 0 Å². The number of aromatic nitrogens is 2. The van der Waals surface area contributed by atoms with Crippen molar-refractivity contribution in [2.75, 3.05) is 20.3 Å². The van der Waals surface area contributed by atoms with E-state index in [0.29, 0.717) is 29.8 Å². The van der Waals surface area contributed by atoms with Gasteiger partial charge >= 0.3 is 0 Å². The first-order valence-corrected chi connectivity index (χ1v) is 11.8. The molecule has 0 saturated heterocycles. The van der Waals surface area contributed by atoms with Gasteiger partial charge in [0.2, 0.25) is 5.91 Å². The number of aryl methyl sites for hydroxylation is 1. The minimum absolute atomic E-state index is 0.119. The van der Waals surface area contributed by atoms with Gasteiger partial charge in [-0.3, -0.25) is 4.79 Å². The number of hydrogen-bond acceptors (Lipinski definition) is 5. The summed E-state index contributed by atoms with van der Waals surface area (Å²) in [6.45, 7) is 2.59. The van der Waals surface area contributed by atoms with Gasteiger partial charge in [-0.15, -0.1) is 0 Å². The Morgan fingerprint density at radius 2 is 2.03 bits per heavy atom. The van der Waals surface area contributed by atoms with E-state index in [4.69, 9.17) is 25.8 Å². The first kappa shape index (κ1) is 23.1. The van der Waals surface area contributed by atoms with Crippen LogP contribution in [0, 0.1) is 6.92 Å². The van der Waals surface area contributed by atoms with Crippen molar-refractivity contribution in [2.45, 2.75) is 25.4 Å². The highest BCUT2D eigenvalue weighted by Gasteiger charge is 2.26. The van der Waals surface area contributed by atoms with Gasteiger partial charge in [-0.1, -0.05) is 29.8 Å². The Morgan fingerprint density at radius 3 is 2.83 bits per heavy atom. The van der Waals surface area contributed by atoms with E-state index < -0.39 is 0 Å². The van der Waals surface area contributed by atoms with E-state index in [1.807, 2.05) is 67.7 Å². The molecule has 8 heteroatoms. The number of rotatable bonds is 7. The molecule has 0 unspecified atom stereocenters. The van der Waals surface area contributed by atoms with Crippen LogP contribution in [0.15, 0.2) is 60.8 Å². The lowest BCUT2D eigenvalue weighted by molar-refractivity contribution is -0.121. The predicted octanol–water partition coefficient (Wildman–Crippen LogP) is 5.01. The Balaban J connectivity index is 1.37. The van der Waals surface area contributed by atoms with Gasteiger partial charge in [0, 0.05) is 35.1 Å². The summed E-state index contributed by atoms with van der Waals surface area (Å²) in [4.78, 5) is 20.9. The van der Waals surface area contributed by atoms with Gasteiger partial charge in [0.05, 0.1) is 13.7 Å². The van der Waals surface area contributed by atoms with Crippen LogP contribution in [0.1, 0.15) is 29.2 Å². The molecule has 3 heterocycles. The zero-order valence-corrected chi connectivity index (χ0v) is 20.3. The van der Waals surface area contributed by atoms with Gasteiger partial charge in [0.15, 0.2) is 11.5 Å². The number of pyridine rings is 1. The van der Waals surface area contributed by atoms with Crippen molar-refractivity contribution in [3.63, 3.8) is 0 Å². The molecule has 7 nitrogen and oxygen atoms in total. The second-order valence-electron chi connectivity index (χ2n) is 8.55. The third kappa shape index (κ3) is 4.91. The standard InChI is InChI=1S/C27H26ClN3O4/c1-16-7-9-19(27(28)31-16)20(22-14-29-23-10-8-17(33-2)11-21(22)23)12-26(32)30-13-18-15-34-24-5-3-4-6-25(24)35-18/h3-11,14,18,20,29H,12-13,15H2,1-2H3,(H,30,32)/t18-,20+/m0/s1. The lowest BCUT2D eigenvalue weighted by atomic mass is 9.88. The molecule has 1 aliphatic heterocycles. The number of nitrogens with one attached hydrogen (secondary N) is 2. The Kier molecular flexibility index (Phi) is 6.51. The second-order valence-corrected chi connectivity index (χ2v) is 8.90. The van der Waals surface area contributed by atoms with E-state index in [1.54, 1.807) is 7.11 Å². The summed E-state index contributed by atoms with van der Waals surface area (Å²) in [5.74, 6) is 1.71. The van der Waals surface area contributed by atoms with Crippen molar-refractivity contribution in [1.29, 1.82) is 0 Å². The topological polar surface area (TPSA) is 85.5 Å². The average molecular weight is 492 g/mol. The molecule has 2 aromatic carbocycles. The van der Waals surface area contributed by atoms with Gasteiger partial charge in [0.25, 0.3) is 0 Å². The predicted molar refractivity (Wildman–Crippen MR) is 135 cm³/mol. The highest BCUT2D eigenvalue weighted by molar-refractivity contribution is 6.30. The van der Waals surface area contributed by atoms with Crippen LogP contribution in [0.4, 0.5) is 0 Å². The maximum Gasteiger partial charge on any atom is 0.221 e. The molecule has 1 aliphatic rings. The lowest BCUT2D eigenvalue weighted by Gasteiger charge is -2.27. The van der Waals surface area contributed by atoms with Crippen molar-refractivity contribution in [3.8, 4) is 17.2 Å². The number of nitrogens with zero attached hydrogens (tertiary/aromatic N) is 1. The largest absolute Gasteiger partial charge is 0.497 e. The summed E-state index contributed by atoms with van der Waals surface area (Å²) in [5.41, 5.74) is 3.51. The molecule has 2 aromatic heterocycles. The van der Waals surface area contributed by atoms with Crippen LogP contribution in [0.3, 0.4) is 0 Å². The van der Waals surface area contributed by atoms with Crippen molar-refractivity contribution in [3.05, 3.63) is 82.8 Å². The monoisotopic (exact) mass is 491 g/mol. The van der Waals surface area contributed by atoms with Gasteiger partial charge in [0.1, 0.15) is 23.6 Å². The maximum atomic E-state index is 13.1. The van der Waals surface area contributed by atoms with Crippen LogP contribution >= 0.6 is 11.6 Å². The summed E-state index contributed by atoms with van der Waals surface area (Å²) < 4.78 is 17.2. The highest BCUT2D eigenvalue weighted by atomic mass is 35.5. The molecule has 0 radical (unpaired) electrons. The number of methoxy groups -OCH3 is 1. The van der Waals surface area contributed by atoms with E-state index in [-0.39, 0.29) is 24.3 Å². The smallest absolute Gasteiger partial charge is 0.221 e. The van der Waals surface area contributed by atoms with Gasteiger partial charge in [-0.05, 0) is 54.4 Å². The number of amides is 1. The first-order chi connectivity index (χ1) is 17.0. The summed E-state index contributed by atoms with van der Waals surface area (Å²) >= 11 is 6.57. The summed E-state index contributed by atoms with van der Waals surface area (Å²) in [5, 5.41) is 4.37. The lowest BCUT2D eigenvalue weighted by Crippen LogP contribution is -2.41. The number of ether oxygens (including phenoxy) is 3. The molecule has 5 rings (SSSR count). The number of hydrogen-bond donors (Lipinski definition) is 2. The zero-order chi connectivity index (χ0) is 24.4. The van der Waals surface area contributed by atoms with Crippen molar-refractivity contribution >= 4 is 28.4 Å². The zero-order valence-electron chi connectivity index (χ0n) is 19.5. The van der Waals surface area contributed by atoms with Crippen molar-refractivity contribution < 1.29 is 19.0 Å². The Hall–Kier alpha value is -3.71. The molecule has 2 atom stereocenters. The van der Waals surface area contributed by atoms with E-state index in [0.717, 1.165) is 33.5 Å². The van der Waals surface area contributed by atoms with Crippen LogP contribution in [-0.2, 0) is 4.79 Å². The second kappa shape index (κ2) is 9.88. The van der Waals surface area contributed by atoms with Gasteiger partial charge in [-0.25, -0.2) is 4.98 Å². The molecule has 0 saturated carbocycles. The molecular weight excluding hydrogens is 466 g/mol. The highest BCUT2D eigenvalue weighted by Crippen LogP contribution is 2.37. The van der Waals surface area contributed by atoms with Crippen LogP contribution in [0.25, 0.3) is 10.9 Å². The van der Waals surface area contributed by atoms with E-state index in [2.05, 4.69) is 15.3 Å². The number of benzene rings is 2. The fraction of sp³-hybridized carbons (Fsp3) is 0.259. The molecule has 2 N–H and O–H groups in total. The summed E-state index contributed by atoms with van der Waals surface area (Å²) in [6, 6.07) is 17.2. The fourth-order valence-corrected chi connectivity index (χ4v) is 4.70. The molecule has 35 heavy (non-hydrogen) atoms. The third-order valence-electron chi connectivity index (χ3n) is 6.17. The molecule has 0 fully saturated rings. The molecule has 0 bridgehead atoms. The molecule has 0 aliphatic carbocycles. The van der Waals surface area contributed by atoms with Gasteiger partial charge < -0.3 is 24.5 Å². The SMILES string of the molecule is COc1ccc2[nH]cc([C@H](CC(=O)NC[C@H]3COc4ccccc4O3)c3ccc(C)nc3Cl)c2c1. The van der Waals surface area contributed by atoms with Crippen LogP contribution < -0.4 is 19.5 Å². The van der Waals surface area contributed by atoms with Gasteiger partial charge in [-0.2, -0.15) is 0 Å². The number of para-hydroxylation sites is 2. The average Bonchev–Trinajstić information content (AvgIpc) is 3.29. The number of carbonyl (C=O) groups is 1. The number of fused-ring (bicyclic) bond motifs is 2. The normalized spacial score (nSPS) is 15.6. The third-order valence-corrected chi connectivity index (χ3v) is 6.48. The molecule has 4 aromatic rings. The van der Waals surface area contributed by atoms with Crippen LogP contribution in [0.5, 0.6) is 17.2 Å².